The quantitative estimate of drug-likeness (QED) is 0.132. The maximum Gasteiger partial charge on any atom is 0.244 e. The number of unbranched alkanes of at least 4 members (excludes halogenated alkanes) is 1. The average Bonchev–Trinajstić information content (AvgIpc) is 3.03. The van der Waals surface area contributed by atoms with E-state index in [9.17, 15) is 9.59 Å². The number of nitrogens with one attached hydrogen (secondary N) is 2. The molecule has 0 heterocycles. The number of methoxy groups -OCH3 is 6. The number of benzene rings is 2. The summed E-state index contributed by atoms with van der Waals surface area (Å²) in [5, 5.41) is 5.82. The van der Waals surface area contributed by atoms with Crippen molar-refractivity contribution in [1.29, 1.82) is 0 Å². The van der Waals surface area contributed by atoms with E-state index in [1.807, 2.05) is 43.3 Å². The van der Waals surface area contributed by atoms with Crippen LogP contribution < -0.4 is 39.1 Å². The molecule has 1 unspecified atom stereocenters. The minimum absolute atomic E-state index is 0.00202. The Balaban J connectivity index is 1.70. The van der Waals surface area contributed by atoms with Crippen LogP contribution in [0.15, 0.2) is 60.7 Å². The van der Waals surface area contributed by atoms with Gasteiger partial charge in [-0.25, -0.2) is 0 Å². The molecule has 0 spiro atoms. The van der Waals surface area contributed by atoms with Crippen LogP contribution in [0, 0.1) is 0 Å². The second-order valence-corrected chi connectivity index (χ2v) is 9.55. The van der Waals surface area contributed by atoms with Crippen molar-refractivity contribution >= 4 is 24.0 Å². The Morgan fingerprint density at radius 2 is 1.07 bits per heavy atom. The fourth-order valence-corrected chi connectivity index (χ4v) is 4.22. The van der Waals surface area contributed by atoms with Crippen molar-refractivity contribution < 1.29 is 38.0 Å². The molecule has 2 aromatic carbocycles. The van der Waals surface area contributed by atoms with E-state index < -0.39 is 0 Å². The van der Waals surface area contributed by atoms with Crippen molar-refractivity contribution in [3.05, 3.63) is 71.8 Å². The Hall–Kier alpha value is -4.86. The lowest BCUT2D eigenvalue weighted by Crippen LogP contribution is -2.31. The number of amides is 2. The summed E-state index contributed by atoms with van der Waals surface area (Å²) >= 11 is 0. The van der Waals surface area contributed by atoms with Crippen LogP contribution in [0.5, 0.6) is 34.5 Å². The van der Waals surface area contributed by atoms with Crippen LogP contribution in [-0.2, 0) is 9.59 Å². The molecule has 2 rings (SSSR count). The maximum absolute atomic E-state index is 12.3. The number of rotatable bonds is 18. The highest BCUT2D eigenvalue weighted by molar-refractivity contribution is 5.88. The minimum atomic E-state index is -0.176. The summed E-state index contributed by atoms with van der Waals surface area (Å²) in [5.74, 6) is 2.91. The highest BCUT2D eigenvalue weighted by Gasteiger charge is 2.13. The summed E-state index contributed by atoms with van der Waals surface area (Å²) in [6.07, 6.45) is 16.0. The van der Waals surface area contributed by atoms with Gasteiger partial charge in [-0.2, -0.15) is 0 Å². The number of hydrogen-bond acceptors (Lipinski definition) is 8. The van der Waals surface area contributed by atoms with Gasteiger partial charge in [0, 0.05) is 24.7 Å². The van der Waals surface area contributed by atoms with Crippen LogP contribution >= 0.6 is 0 Å². The number of carbonyl (C=O) groups excluding carboxylic acids is 2. The zero-order valence-corrected chi connectivity index (χ0v) is 26.6. The lowest BCUT2D eigenvalue weighted by atomic mass is 10.1. The van der Waals surface area contributed by atoms with Crippen molar-refractivity contribution in [1.82, 2.24) is 10.6 Å². The van der Waals surface area contributed by atoms with E-state index in [4.69, 9.17) is 28.4 Å². The molecule has 0 saturated heterocycles. The van der Waals surface area contributed by atoms with Gasteiger partial charge in [-0.3, -0.25) is 9.59 Å². The van der Waals surface area contributed by atoms with Crippen molar-refractivity contribution in [3.63, 3.8) is 0 Å². The summed E-state index contributed by atoms with van der Waals surface area (Å²) in [7, 11) is 9.35. The van der Waals surface area contributed by atoms with E-state index in [2.05, 4.69) is 10.6 Å². The second-order valence-electron chi connectivity index (χ2n) is 9.55. The lowest BCUT2D eigenvalue weighted by Gasteiger charge is -2.12. The molecule has 2 N–H and O–H groups in total. The first-order chi connectivity index (χ1) is 21.3. The Morgan fingerprint density at radius 3 is 1.48 bits per heavy atom. The van der Waals surface area contributed by atoms with Gasteiger partial charge in [-0.1, -0.05) is 36.5 Å². The topological polar surface area (TPSA) is 114 Å². The van der Waals surface area contributed by atoms with Gasteiger partial charge in [-0.05, 0) is 61.6 Å². The van der Waals surface area contributed by atoms with Crippen LogP contribution in [0.25, 0.3) is 12.2 Å². The molecular formula is C34H44N2O8. The van der Waals surface area contributed by atoms with Crippen LogP contribution in [0.2, 0.25) is 0 Å². The lowest BCUT2D eigenvalue weighted by molar-refractivity contribution is -0.117. The first kappa shape index (κ1) is 35.3. The van der Waals surface area contributed by atoms with Crippen molar-refractivity contribution in [3.8, 4) is 34.5 Å². The molecule has 0 aliphatic rings. The largest absolute Gasteiger partial charge is 0.493 e. The highest BCUT2D eigenvalue weighted by atomic mass is 16.5. The number of carbonyl (C=O) groups is 2. The molecule has 0 aliphatic carbocycles. The zero-order valence-electron chi connectivity index (χ0n) is 26.6. The number of hydrogen-bond donors (Lipinski definition) is 2. The Bertz CT molecular complexity index is 1300. The van der Waals surface area contributed by atoms with E-state index in [1.54, 1.807) is 67.0 Å². The average molecular weight is 609 g/mol. The van der Waals surface area contributed by atoms with Gasteiger partial charge in [0.15, 0.2) is 23.0 Å². The molecule has 0 fully saturated rings. The van der Waals surface area contributed by atoms with Crippen molar-refractivity contribution in [2.45, 2.75) is 32.2 Å². The normalized spacial score (nSPS) is 12.1. The van der Waals surface area contributed by atoms with Crippen LogP contribution in [0.1, 0.15) is 37.3 Å². The molecule has 238 valence electrons. The van der Waals surface area contributed by atoms with E-state index >= 15 is 0 Å². The summed E-state index contributed by atoms with van der Waals surface area (Å²) in [6.45, 7) is 2.51. The smallest absolute Gasteiger partial charge is 0.244 e. The number of ether oxygens (including phenoxy) is 6. The minimum Gasteiger partial charge on any atom is -0.493 e. The van der Waals surface area contributed by atoms with Crippen LogP contribution in [0.3, 0.4) is 0 Å². The van der Waals surface area contributed by atoms with Gasteiger partial charge >= 0.3 is 0 Å². The van der Waals surface area contributed by atoms with E-state index in [1.165, 1.54) is 12.2 Å². The molecule has 0 saturated carbocycles. The zero-order chi connectivity index (χ0) is 32.3. The fourth-order valence-electron chi connectivity index (χ4n) is 4.22. The predicted octanol–water partition coefficient (Wildman–Crippen LogP) is 5.37. The Kier molecular flexibility index (Phi) is 15.5. The summed E-state index contributed by atoms with van der Waals surface area (Å²) < 4.78 is 32.1. The molecule has 2 amide bonds. The Labute approximate surface area is 260 Å². The van der Waals surface area contributed by atoms with Crippen molar-refractivity contribution in [2.75, 3.05) is 49.2 Å². The van der Waals surface area contributed by atoms with Crippen LogP contribution in [0.4, 0.5) is 0 Å². The van der Waals surface area contributed by atoms with Gasteiger partial charge in [0.1, 0.15) is 0 Å². The third kappa shape index (κ3) is 11.4. The number of allylic oxidation sites excluding steroid dienone is 4. The molecule has 10 nitrogen and oxygen atoms in total. The summed E-state index contributed by atoms with van der Waals surface area (Å²) in [6, 6.07) is 7.29. The molecule has 0 radical (unpaired) electrons. The molecule has 44 heavy (non-hydrogen) atoms. The fraction of sp³-hybridized carbons (Fsp3) is 0.353. The monoisotopic (exact) mass is 608 g/mol. The maximum atomic E-state index is 12.3. The van der Waals surface area contributed by atoms with Gasteiger partial charge < -0.3 is 39.1 Å². The van der Waals surface area contributed by atoms with E-state index in [0.717, 1.165) is 30.4 Å². The van der Waals surface area contributed by atoms with Gasteiger partial charge in [0.05, 0.1) is 42.7 Å². The predicted molar refractivity (Wildman–Crippen MR) is 173 cm³/mol. The van der Waals surface area contributed by atoms with Crippen molar-refractivity contribution in [2.24, 2.45) is 0 Å². The van der Waals surface area contributed by atoms with E-state index in [-0.39, 0.29) is 17.9 Å². The van der Waals surface area contributed by atoms with Crippen LogP contribution in [-0.4, -0.2) is 67.1 Å². The third-order valence-corrected chi connectivity index (χ3v) is 6.42. The molecule has 0 bridgehead atoms. The molecule has 0 aliphatic heterocycles. The van der Waals surface area contributed by atoms with Gasteiger partial charge in [0.2, 0.25) is 23.3 Å². The molecule has 0 aromatic heterocycles. The molecular weight excluding hydrogens is 564 g/mol. The first-order valence-corrected chi connectivity index (χ1v) is 14.2. The second kappa shape index (κ2) is 19.4. The highest BCUT2D eigenvalue weighted by Crippen LogP contribution is 2.39. The summed E-state index contributed by atoms with van der Waals surface area (Å²) in [5.41, 5.74) is 1.68. The Morgan fingerprint density at radius 1 is 0.636 bits per heavy atom. The van der Waals surface area contributed by atoms with Gasteiger partial charge in [-0.15, -0.1) is 0 Å². The molecule has 1 atom stereocenters. The molecule has 2 aromatic rings. The van der Waals surface area contributed by atoms with E-state index in [0.29, 0.717) is 41.0 Å². The summed E-state index contributed by atoms with van der Waals surface area (Å²) in [4.78, 5) is 24.4. The first-order valence-electron chi connectivity index (χ1n) is 14.2. The standard InChI is InChI=1S/C34H44N2O8/c1-24(36-32(38)18-11-9-16-26-22-29(41-4)34(44-7)30(23-26)42-5)14-12-13-19-35-31(37)17-10-8-15-25-20-27(39-2)33(43-6)28(21-25)40-3/h8-11,15-18,20-24H,12-14,19H2,1-7H3,(H,35,37)(H,36,38)/b15-8+,16-9+,17-10+,18-11+. The van der Waals surface area contributed by atoms with Gasteiger partial charge in [0.25, 0.3) is 0 Å². The molecule has 10 heteroatoms. The SMILES string of the molecule is COc1cc(/C=C/C=C/C(=O)NCCCCC(C)NC(=O)/C=C/C=C/c2cc(OC)c(OC)c(OC)c2)cc(OC)c1OC. The third-order valence-electron chi connectivity index (χ3n) is 6.42.